The van der Waals surface area contributed by atoms with Gasteiger partial charge < -0.3 is 19.9 Å². The highest BCUT2D eigenvalue weighted by Crippen LogP contribution is 2.28. The number of aliphatic imine (C=N–C) groups is 1. The number of piperidine rings is 1. The third-order valence-electron chi connectivity index (χ3n) is 5.14. The number of aliphatic hydroxyl groups excluding tert-OH is 1. The Labute approximate surface area is 165 Å². The number of benzene rings is 1. The molecule has 1 aliphatic heterocycles. The Morgan fingerprint density at radius 1 is 1.44 bits per heavy atom. The molecular weight excluding hydrogens is 362 g/mol. The van der Waals surface area contributed by atoms with Gasteiger partial charge in [0.05, 0.1) is 18.9 Å². The summed E-state index contributed by atoms with van der Waals surface area (Å²) in [6.45, 7) is 7.20. The van der Waals surface area contributed by atoms with Gasteiger partial charge in [0.15, 0.2) is 5.96 Å². The highest BCUT2D eigenvalue weighted by atomic mass is 35.5. The standard InChI is InChI=1S/C20H28ClN5O/c1-3-23-20(24-12-19(27)16-6-4-5-7-17(16)21)25-10-8-15(2)18(13-25)26-11-9-22-14-26/h4-7,9,11,14-15,18-19,27H,3,8,10,12-13H2,1-2H3,(H,23,24). The highest BCUT2D eigenvalue weighted by Gasteiger charge is 2.29. The van der Waals surface area contributed by atoms with Crippen molar-refractivity contribution in [3.8, 4) is 0 Å². The lowest BCUT2D eigenvalue weighted by Gasteiger charge is -2.39. The monoisotopic (exact) mass is 389 g/mol. The fourth-order valence-electron chi connectivity index (χ4n) is 3.54. The molecule has 27 heavy (non-hydrogen) atoms. The number of hydrogen-bond donors (Lipinski definition) is 2. The quantitative estimate of drug-likeness (QED) is 0.609. The van der Waals surface area contributed by atoms with Gasteiger partial charge in [-0.15, -0.1) is 0 Å². The summed E-state index contributed by atoms with van der Waals surface area (Å²) in [7, 11) is 0. The molecule has 1 saturated heterocycles. The van der Waals surface area contributed by atoms with Gasteiger partial charge in [-0.3, -0.25) is 4.99 Å². The van der Waals surface area contributed by atoms with Crippen molar-refractivity contribution in [2.45, 2.75) is 32.4 Å². The van der Waals surface area contributed by atoms with E-state index in [1.54, 1.807) is 6.07 Å². The number of aliphatic hydroxyl groups is 1. The van der Waals surface area contributed by atoms with Gasteiger partial charge in [-0.05, 0) is 25.3 Å². The molecule has 1 aliphatic rings. The lowest BCUT2D eigenvalue weighted by atomic mass is 9.93. The predicted octanol–water partition coefficient (Wildman–Crippen LogP) is 3.12. The first-order valence-corrected chi connectivity index (χ1v) is 9.91. The zero-order valence-corrected chi connectivity index (χ0v) is 16.7. The van der Waals surface area contributed by atoms with Crippen LogP contribution in [0.3, 0.4) is 0 Å². The lowest BCUT2D eigenvalue weighted by molar-refractivity contribution is 0.179. The average molecular weight is 390 g/mol. The van der Waals surface area contributed by atoms with Crippen LogP contribution >= 0.6 is 11.6 Å². The normalized spacial score (nSPS) is 21.9. The molecular formula is C20H28ClN5O. The zero-order valence-electron chi connectivity index (χ0n) is 15.9. The topological polar surface area (TPSA) is 65.7 Å². The average Bonchev–Trinajstić information content (AvgIpc) is 3.20. The summed E-state index contributed by atoms with van der Waals surface area (Å²) >= 11 is 6.19. The molecule has 1 aromatic heterocycles. The van der Waals surface area contributed by atoms with Crippen LogP contribution in [0.15, 0.2) is 48.0 Å². The molecule has 2 heterocycles. The van der Waals surface area contributed by atoms with Gasteiger partial charge in [0, 0.05) is 42.6 Å². The van der Waals surface area contributed by atoms with Crippen LogP contribution in [-0.4, -0.2) is 51.7 Å². The fraction of sp³-hybridized carbons (Fsp3) is 0.500. The Balaban J connectivity index is 1.72. The number of aromatic nitrogens is 2. The molecule has 1 aromatic carbocycles. The van der Waals surface area contributed by atoms with Crippen LogP contribution < -0.4 is 5.32 Å². The van der Waals surface area contributed by atoms with Gasteiger partial charge in [0.25, 0.3) is 0 Å². The largest absolute Gasteiger partial charge is 0.386 e. The van der Waals surface area contributed by atoms with Crippen molar-refractivity contribution in [1.82, 2.24) is 19.8 Å². The summed E-state index contributed by atoms with van der Waals surface area (Å²) in [5, 5.41) is 14.4. The van der Waals surface area contributed by atoms with E-state index in [2.05, 4.69) is 33.6 Å². The second-order valence-corrected chi connectivity index (χ2v) is 7.43. The molecule has 3 atom stereocenters. The van der Waals surface area contributed by atoms with Crippen molar-refractivity contribution in [2.75, 3.05) is 26.2 Å². The summed E-state index contributed by atoms with van der Waals surface area (Å²) in [5.74, 6) is 1.41. The van der Waals surface area contributed by atoms with Gasteiger partial charge in [0.2, 0.25) is 0 Å². The van der Waals surface area contributed by atoms with Crippen LogP contribution in [0.25, 0.3) is 0 Å². The molecule has 146 valence electrons. The minimum absolute atomic E-state index is 0.272. The van der Waals surface area contributed by atoms with Gasteiger partial charge in [-0.1, -0.05) is 36.7 Å². The number of rotatable bonds is 5. The number of halogens is 1. The van der Waals surface area contributed by atoms with Crippen molar-refractivity contribution in [1.29, 1.82) is 0 Å². The third-order valence-corrected chi connectivity index (χ3v) is 5.48. The smallest absolute Gasteiger partial charge is 0.194 e. The summed E-state index contributed by atoms with van der Waals surface area (Å²) in [5.41, 5.74) is 0.710. The molecule has 3 rings (SSSR count). The Morgan fingerprint density at radius 3 is 2.96 bits per heavy atom. The molecule has 2 aromatic rings. The maximum Gasteiger partial charge on any atom is 0.194 e. The second-order valence-electron chi connectivity index (χ2n) is 7.02. The van der Waals surface area contributed by atoms with Crippen LogP contribution in [0.2, 0.25) is 5.02 Å². The molecule has 6 nitrogen and oxygen atoms in total. The Hall–Kier alpha value is -2.05. The first-order valence-electron chi connectivity index (χ1n) is 9.53. The van der Waals surface area contributed by atoms with Gasteiger partial charge in [0.1, 0.15) is 6.10 Å². The lowest BCUT2D eigenvalue weighted by Crippen LogP contribution is -2.49. The Morgan fingerprint density at radius 2 is 2.26 bits per heavy atom. The van der Waals surface area contributed by atoms with E-state index in [0.717, 1.165) is 32.0 Å². The van der Waals surface area contributed by atoms with Crippen LogP contribution in [-0.2, 0) is 0 Å². The maximum atomic E-state index is 10.5. The Kier molecular flexibility index (Phi) is 6.74. The van der Waals surface area contributed by atoms with Crippen LogP contribution in [0, 0.1) is 5.92 Å². The summed E-state index contributed by atoms with van der Waals surface area (Å²) in [6.07, 6.45) is 6.09. The van der Waals surface area contributed by atoms with E-state index in [9.17, 15) is 5.11 Å². The van der Waals surface area contributed by atoms with Crippen molar-refractivity contribution in [3.05, 3.63) is 53.6 Å². The zero-order chi connectivity index (χ0) is 19.2. The highest BCUT2D eigenvalue weighted by molar-refractivity contribution is 6.31. The summed E-state index contributed by atoms with van der Waals surface area (Å²) in [6, 6.07) is 7.72. The number of nitrogens with zero attached hydrogens (tertiary/aromatic N) is 4. The predicted molar refractivity (Wildman–Crippen MR) is 109 cm³/mol. The molecule has 0 bridgehead atoms. The van der Waals surface area contributed by atoms with Gasteiger partial charge in [-0.25, -0.2) is 4.98 Å². The number of imidazole rings is 1. The van der Waals surface area contributed by atoms with E-state index in [1.165, 1.54) is 0 Å². The van der Waals surface area contributed by atoms with Gasteiger partial charge in [-0.2, -0.15) is 0 Å². The first-order chi connectivity index (χ1) is 13.1. The molecule has 0 spiro atoms. The second kappa shape index (κ2) is 9.24. The first kappa shape index (κ1) is 19.7. The van der Waals surface area contributed by atoms with E-state index in [4.69, 9.17) is 16.6 Å². The number of nitrogens with one attached hydrogen (secondary N) is 1. The van der Waals surface area contributed by atoms with Crippen molar-refractivity contribution >= 4 is 17.6 Å². The molecule has 0 radical (unpaired) electrons. The van der Waals surface area contributed by atoms with E-state index in [1.807, 2.05) is 36.9 Å². The molecule has 7 heteroatoms. The summed E-state index contributed by atoms with van der Waals surface area (Å²) in [4.78, 5) is 11.2. The third kappa shape index (κ3) is 4.82. The van der Waals surface area contributed by atoms with Crippen molar-refractivity contribution in [2.24, 2.45) is 10.9 Å². The summed E-state index contributed by atoms with van der Waals surface area (Å²) < 4.78 is 2.18. The molecule has 0 saturated carbocycles. The van der Waals surface area contributed by atoms with Crippen molar-refractivity contribution < 1.29 is 5.11 Å². The van der Waals surface area contributed by atoms with E-state index < -0.39 is 6.10 Å². The SMILES string of the molecule is CCNC(=NCC(O)c1ccccc1Cl)N1CCC(C)C(n2ccnc2)C1. The van der Waals surface area contributed by atoms with E-state index in [0.29, 0.717) is 22.5 Å². The number of hydrogen-bond acceptors (Lipinski definition) is 3. The number of guanidine groups is 1. The molecule has 0 aliphatic carbocycles. The molecule has 1 fully saturated rings. The van der Waals surface area contributed by atoms with Crippen molar-refractivity contribution in [3.63, 3.8) is 0 Å². The van der Waals surface area contributed by atoms with E-state index >= 15 is 0 Å². The van der Waals surface area contributed by atoms with Crippen LogP contribution in [0.5, 0.6) is 0 Å². The minimum atomic E-state index is -0.722. The fourth-order valence-corrected chi connectivity index (χ4v) is 3.80. The van der Waals surface area contributed by atoms with Crippen LogP contribution in [0.4, 0.5) is 0 Å². The molecule has 0 amide bonds. The minimum Gasteiger partial charge on any atom is -0.386 e. The Bertz CT molecular complexity index is 749. The maximum absolute atomic E-state index is 10.5. The number of likely N-dealkylation sites (tertiary alicyclic amines) is 1. The van der Waals surface area contributed by atoms with Crippen LogP contribution in [0.1, 0.15) is 38.0 Å². The molecule has 2 N–H and O–H groups in total. The van der Waals surface area contributed by atoms with Gasteiger partial charge >= 0.3 is 0 Å². The molecule has 3 unspecified atom stereocenters. The van der Waals surface area contributed by atoms with E-state index in [-0.39, 0.29) is 6.54 Å².